The van der Waals surface area contributed by atoms with Crippen molar-refractivity contribution in [1.29, 1.82) is 0 Å². The zero-order valence-electron chi connectivity index (χ0n) is 14.7. The minimum absolute atomic E-state index is 0.161. The van der Waals surface area contributed by atoms with Crippen LogP contribution in [-0.4, -0.2) is 21.6 Å². The number of amides is 2. The third-order valence-corrected chi connectivity index (χ3v) is 3.96. The highest BCUT2D eigenvalue weighted by atomic mass is 16.2. The molecular weight excluding hydrogens is 328 g/mol. The second-order valence-corrected chi connectivity index (χ2v) is 6.01. The SMILES string of the molecule is CC(=O)Nc1cccc(NC(=O)c2cnn(C)c2Cc2ccccc2)c1. The average Bonchev–Trinajstić information content (AvgIpc) is 2.96. The fourth-order valence-electron chi connectivity index (χ4n) is 2.73. The van der Waals surface area contributed by atoms with Gasteiger partial charge in [-0.1, -0.05) is 36.4 Å². The summed E-state index contributed by atoms with van der Waals surface area (Å²) >= 11 is 0. The lowest BCUT2D eigenvalue weighted by Crippen LogP contribution is -2.15. The first-order valence-electron chi connectivity index (χ1n) is 8.27. The van der Waals surface area contributed by atoms with E-state index in [0.29, 0.717) is 23.4 Å². The predicted octanol–water partition coefficient (Wildman–Crippen LogP) is 3.22. The Morgan fingerprint density at radius 3 is 2.38 bits per heavy atom. The van der Waals surface area contributed by atoms with E-state index < -0.39 is 0 Å². The minimum atomic E-state index is -0.232. The summed E-state index contributed by atoms with van der Waals surface area (Å²) in [4.78, 5) is 23.9. The molecule has 2 N–H and O–H groups in total. The maximum absolute atomic E-state index is 12.7. The Kier molecular flexibility index (Phi) is 5.12. The molecule has 0 spiro atoms. The van der Waals surface area contributed by atoms with Crippen molar-refractivity contribution >= 4 is 23.2 Å². The lowest BCUT2D eigenvalue weighted by molar-refractivity contribution is -0.114. The van der Waals surface area contributed by atoms with Crippen LogP contribution in [0.3, 0.4) is 0 Å². The number of nitrogens with one attached hydrogen (secondary N) is 2. The first-order valence-corrected chi connectivity index (χ1v) is 8.27. The van der Waals surface area contributed by atoms with Crippen LogP contribution < -0.4 is 10.6 Å². The second-order valence-electron chi connectivity index (χ2n) is 6.01. The maximum Gasteiger partial charge on any atom is 0.259 e. The highest BCUT2D eigenvalue weighted by Gasteiger charge is 2.16. The summed E-state index contributed by atoms with van der Waals surface area (Å²) in [7, 11) is 1.83. The second kappa shape index (κ2) is 7.65. The molecule has 0 saturated carbocycles. The maximum atomic E-state index is 12.7. The number of hydrogen-bond donors (Lipinski definition) is 2. The van der Waals surface area contributed by atoms with Crippen molar-refractivity contribution in [2.75, 3.05) is 10.6 Å². The summed E-state index contributed by atoms with van der Waals surface area (Å²) in [6.07, 6.45) is 2.19. The molecule has 0 fully saturated rings. The molecule has 0 aliphatic rings. The molecule has 0 atom stereocenters. The van der Waals surface area contributed by atoms with Crippen LogP contribution in [0.5, 0.6) is 0 Å². The molecule has 26 heavy (non-hydrogen) atoms. The fourth-order valence-corrected chi connectivity index (χ4v) is 2.73. The van der Waals surface area contributed by atoms with E-state index >= 15 is 0 Å². The van der Waals surface area contributed by atoms with Gasteiger partial charge >= 0.3 is 0 Å². The molecule has 2 aromatic carbocycles. The summed E-state index contributed by atoms with van der Waals surface area (Å²) in [6, 6.07) is 17.0. The Morgan fingerprint density at radius 2 is 1.69 bits per heavy atom. The molecule has 3 aromatic rings. The number of nitrogens with zero attached hydrogens (tertiary/aromatic N) is 2. The number of anilines is 2. The van der Waals surface area contributed by atoms with Gasteiger partial charge in [0.15, 0.2) is 0 Å². The molecule has 0 unspecified atom stereocenters. The van der Waals surface area contributed by atoms with Crippen LogP contribution in [0.1, 0.15) is 28.5 Å². The van der Waals surface area contributed by atoms with Gasteiger partial charge in [-0.15, -0.1) is 0 Å². The van der Waals surface area contributed by atoms with E-state index in [1.54, 1.807) is 35.1 Å². The average molecular weight is 348 g/mol. The van der Waals surface area contributed by atoms with E-state index in [-0.39, 0.29) is 11.8 Å². The summed E-state index contributed by atoms with van der Waals surface area (Å²) in [6.45, 7) is 1.44. The van der Waals surface area contributed by atoms with Gasteiger partial charge in [0.05, 0.1) is 17.5 Å². The summed E-state index contributed by atoms with van der Waals surface area (Å²) in [5, 5.41) is 9.80. The van der Waals surface area contributed by atoms with E-state index in [9.17, 15) is 9.59 Å². The highest BCUT2D eigenvalue weighted by Crippen LogP contribution is 2.18. The molecule has 0 bridgehead atoms. The number of aromatic nitrogens is 2. The van der Waals surface area contributed by atoms with Gasteiger partial charge < -0.3 is 10.6 Å². The number of benzene rings is 2. The van der Waals surface area contributed by atoms with E-state index in [2.05, 4.69) is 15.7 Å². The predicted molar refractivity (Wildman–Crippen MR) is 101 cm³/mol. The Bertz CT molecular complexity index is 932. The van der Waals surface area contributed by atoms with Crippen molar-refractivity contribution < 1.29 is 9.59 Å². The van der Waals surface area contributed by atoms with Gasteiger partial charge in [0.2, 0.25) is 5.91 Å². The molecule has 6 nitrogen and oxygen atoms in total. The van der Waals surface area contributed by atoms with Gasteiger partial charge in [-0.3, -0.25) is 14.3 Å². The van der Waals surface area contributed by atoms with E-state index in [4.69, 9.17) is 0 Å². The van der Waals surface area contributed by atoms with Gasteiger partial charge in [-0.25, -0.2) is 0 Å². The van der Waals surface area contributed by atoms with Crippen LogP contribution in [0.15, 0.2) is 60.8 Å². The van der Waals surface area contributed by atoms with Crippen molar-refractivity contribution in [3.05, 3.63) is 77.6 Å². The number of hydrogen-bond acceptors (Lipinski definition) is 3. The number of aryl methyl sites for hydroxylation is 1. The van der Waals surface area contributed by atoms with E-state index in [1.807, 2.05) is 37.4 Å². The molecule has 0 aliphatic carbocycles. The van der Waals surface area contributed by atoms with Crippen LogP contribution >= 0.6 is 0 Å². The Labute approximate surface area is 151 Å². The van der Waals surface area contributed by atoms with Crippen LogP contribution in [0.25, 0.3) is 0 Å². The topological polar surface area (TPSA) is 76.0 Å². The molecule has 0 radical (unpaired) electrons. The largest absolute Gasteiger partial charge is 0.326 e. The van der Waals surface area contributed by atoms with Crippen molar-refractivity contribution in [1.82, 2.24) is 9.78 Å². The van der Waals surface area contributed by atoms with Crippen molar-refractivity contribution in [3.63, 3.8) is 0 Å². The molecule has 1 heterocycles. The number of rotatable bonds is 5. The van der Waals surface area contributed by atoms with Crippen molar-refractivity contribution in [2.45, 2.75) is 13.3 Å². The lowest BCUT2D eigenvalue weighted by atomic mass is 10.1. The van der Waals surface area contributed by atoms with Crippen LogP contribution in [0, 0.1) is 0 Å². The number of carbonyl (C=O) groups is 2. The normalized spacial score (nSPS) is 10.4. The quantitative estimate of drug-likeness (QED) is 0.743. The molecular formula is C20H20N4O2. The first-order chi connectivity index (χ1) is 12.5. The molecule has 1 aromatic heterocycles. The van der Waals surface area contributed by atoms with E-state index in [0.717, 1.165) is 11.3 Å². The van der Waals surface area contributed by atoms with Crippen molar-refractivity contribution in [2.24, 2.45) is 7.05 Å². The molecule has 0 saturated heterocycles. The zero-order valence-corrected chi connectivity index (χ0v) is 14.7. The van der Waals surface area contributed by atoms with Gasteiger partial charge in [0, 0.05) is 31.8 Å². The molecule has 0 aliphatic heterocycles. The summed E-state index contributed by atoms with van der Waals surface area (Å²) in [5.41, 5.74) is 3.72. The smallest absolute Gasteiger partial charge is 0.259 e. The third kappa shape index (κ3) is 4.16. The highest BCUT2D eigenvalue weighted by molar-refractivity contribution is 6.05. The van der Waals surface area contributed by atoms with Crippen LogP contribution in [0.4, 0.5) is 11.4 Å². The summed E-state index contributed by atoms with van der Waals surface area (Å²) < 4.78 is 1.72. The van der Waals surface area contributed by atoms with Gasteiger partial charge in [0.25, 0.3) is 5.91 Å². The monoisotopic (exact) mass is 348 g/mol. The first kappa shape index (κ1) is 17.4. The Hall–Kier alpha value is -3.41. The standard InChI is InChI=1S/C20H20N4O2/c1-14(25)22-16-9-6-10-17(12-16)23-20(26)18-13-21-24(2)19(18)11-15-7-4-3-5-8-15/h3-10,12-13H,11H2,1-2H3,(H,22,25)(H,23,26). The Morgan fingerprint density at radius 1 is 1.00 bits per heavy atom. The lowest BCUT2D eigenvalue weighted by Gasteiger charge is -2.09. The summed E-state index contributed by atoms with van der Waals surface area (Å²) in [5.74, 6) is -0.394. The fraction of sp³-hybridized carbons (Fsp3) is 0.150. The molecule has 3 rings (SSSR count). The van der Waals surface area contributed by atoms with Crippen molar-refractivity contribution in [3.8, 4) is 0 Å². The molecule has 6 heteroatoms. The minimum Gasteiger partial charge on any atom is -0.326 e. The van der Waals surface area contributed by atoms with E-state index in [1.165, 1.54) is 6.92 Å². The Balaban J connectivity index is 1.80. The molecule has 132 valence electrons. The van der Waals surface area contributed by atoms with Crippen LogP contribution in [0.2, 0.25) is 0 Å². The zero-order chi connectivity index (χ0) is 18.5. The van der Waals surface area contributed by atoms with Crippen LogP contribution in [-0.2, 0) is 18.3 Å². The van der Waals surface area contributed by atoms with Gasteiger partial charge in [0.1, 0.15) is 0 Å². The van der Waals surface area contributed by atoms with Gasteiger partial charge in [-0.2, -0.15) is 5.10 Å². The van der Waals surface area contributed by atoms with Gasteiger partial charge in [-0.05, 0) is 23.8 Å². The number of carbonyl (C=O) groups excluding carboxylic acids is 2. The third-order valence-electron chi connectivity index (χ3n) is 3.96. The molecule has 2 amide bonds.